The van der Waals surface area contributed by atoms with Crippen LogP contribution in [0.1, 0.15) is 18.9 Å². The molecule has 2 heterocycles. The molecule has 0 saturated carbocycles. The molecule has 104 valence electrons. The van der Waals surface area contributed by atoms with Gasteiger partial charge in [0, 0.05) is 24.2 Å². The maximum absolute atomic E-state index is 13.8. The highest BCUT2D eigenvalue weighted by molar-refractivity contribution is 6.07. The number of amides is 2. The van der Waals surface area contributed by atoms with E-state index in [-0.39, 0.29) is 30.1 Å². The van der Waals surface area contributed by atoms with Crippen molar-refractivity contribution in [2.75, 3.05) is 0 Å². The van der Waals surface area contributed by atoms with Crippen LogP contribution in [0.5, 0.6) is 0 Å². The normalized spacial score (nSPS) is 21.6. The van der Waals surface area contributed by atoms with Crippen molar-refractivity contribution >= 4 is 23.3 Å². The van der Waals surface area contributed by atoms with E-state index < -0.39 is 23.6 Å². The largest absolute Gasteiger partial charge is 0.343 e. The van der Waals surface area contributed by atoms with Crippen LogP contribution in [0.25, 0.3) is 0 Å². The van der Waals surface area contributed by atoms with Gasteiger partial charge < -0.3 is 4.90 Å². The Balaban J connectivity index is 1.99. The van der Waals surface area contributed by atoms with E-state index >= 15 is 0 Å². The maximum Gasteiger partial charge on any atom is 0.249 e. The summed E-state index contributed by atoms with van der Waals surface area (Å²) in [5, 5.41) is 2.20. The highest BCUT2D eigenvalue weighted by Gasteiger charge is 2.37. The molecule has 0 aliphatic carbocycles. The van der Waals surface area contributed by atoms with E-state index in [9.17, 15) is 18.4 Å². The molecule has 1 unspecified atom stereocenters. The van der Waals surface area contributed by atoms with E-state index in [0.29, 0.717) is 5.84 Å². The third kappa shape index (κ3) is 1.95. The predicted octanol–water partition coefficient (Wildman–Crippen LogP) is 1.25. The number of fused-ring (bicyclic) bond motifs is 1. The Morgan fingerprint density at radius 3 is 2.75 bits per heavy atom. The van der Waals surface area contributed by atoms with Gasteiger partial charge in [0.15, 0.2) is 0 Å². The molecule has 1 aromatic carbocycles. The average Bonchev–Trinajstić information content (AvgIpc) is 2.67. The van der Waals surface area contributed by atoms with Crippen LogP contribution in [0.2, 0.25) is 0 Å². The highest BCUT2D eigenvalue weighted by Crippen LogP contribution is 2.31. The molecule has 1 aromatic rings. The molecule has 2 aliphatic heterocycles. The number of aliphatic imine (C=N–C) groups is 1. The van der Waals surface area contributed by atoms with Gasteiger partial charge in [0.2, 0.25) is 11.8 Å². The molecule has 1 fully saturated rings. The zero-order valence-electron chi connectivity index (χ0n) is 10.6. The molecule has 0 spiro atoms. The van der Waals surface area contributed by atoms with Crippen LogP contribution in [0, 0.1) is 11.6 Å². The molecule has 2 amide bonds. The number of nitrogens with zero attached hydrogens (tertiary/aromatic N) is 2. The Kier molecular flexibility index (Phi) is 2.77. The van der Waals surface area contributed by atoms with Gasteiger partial charge in [0.05, 0.1) is 12.1 Å². The summed E-state index contributed by atoms with van der Waals surface area (Å²) in [7, 11) is 0. The van der Waals surface area contributed by atoms with E-state index in [1.807, 2.05) is 0 Å². The van der Waals surface area contributed by atoms with Gasteiger partial charge >= 0.3 is 0 Å². The fourth-order valence-corrected chi connectivity index (χ4v) is 2.50. The first-order valence-corrected chi connectivity index (χ1v) is 6.09. The van der Waals surface area contributed by atoms with Crippen molar-refractivity contribution in [3.8, 4) is 0 Å². The second-order valence-electron chi connectivity index (χ2n) is 4.80. The summed E-state index contributed by atoms with van der Waals surface area (Å²) in [5.74, 6) is -1.72. The first-order chi connectivity index (χ1) is 9.45. The number of amidine groups is 1. The quantitative estimate of drug-likeness (QED) is 0.787. The van der Waals surface area contributed by atoms with Crippen molar-refractivity contribution in [1.29, 1.82) is 0 Å². The van der Waals surface area contributed by atoms with Crippen LogP contribution in [0.3, 0.4) is 0 Å². The number of halogens is 2. The summed E-state index contributed by atoms with van der Waals surface area (Å²) >= 11 is 0. The first kappa shape index (κ1) is 12.7. The number of benzene rings is 1. The van der Waals surface area contributed by atoms with Gasteiger partial charge in [0.25, 0.3) is 0 Å². The minimum absolute atomic E-state index is 0.0177. The Morgan fingerprint density at radius 1 is 1.35 bits per heavy atom. The summed E-state index contributed by atoms with van der Waals surface area (Å²) in [5.41, 5.74) is 0.449. The Morgan fingerprint density at radius 2 is 2.10 bits per heavy atom. The van der Waals surface area contributed by atoms with Crippen LogP contribution < -0.4 is 5.32 Å². The van der Waals surface area contributed by atoms with Crippen LogP contribution >= 0.6 is 0 Å². The third-order valence-electron chi connectivity index (χ3n) is 3.48. The topological polar surface area (TPSA) is 61.8 Å². The Labute approximate surface area is 113 Å². The molecule has 1 saturated heterocycles. The van der Waals surface area contributed by atoms with E-state index in [1.54, 1.807) is 11.8 Å². The van der Waals surface area contributed by atoms with Gasteiger partial charge in [-0.2, -0.15) is 0 Å². The molecule has 1 atom stereocenters. The zero-order valence-corrected chi connectivity index (χ0v) is 10.6. The maximum atomic E-state index is 13.8. The first-order valence-electron chi connectivity index (χ1n) is 6.09. The van der Waals surface area contributed by atoms with Gasteiger partial charge in [-0.15, -0.1) is 0 Å². The highest BCUT2D eigenvalue weighted by atomic mass is 19.1. The molecule has 0 radical (unpaired) electrons. The minimum atomic E-state index is -0.703. The van der Waals surface area contributed by atoms with E-state index in [2.05, 4.69) is 10.3 Å². The molecule has 3 rings (SSSR count). The SMILES string of the molecule is CC1=Nc2cc(F)cc(F)c2CN1C1CC(=O)NC1=O. The van der Waals surface area contributed by atoms with E-state index in [1.165, 1.54) is 0 Å². The fraction of sp³-hybridized carbons (Fsp3) is 0.308. The molecule has 0 bridgehead atoms. The molecule has 2 aliphatic rings. The van der Waals surface area contributed by atoms with Crippen molar-refractivity contribution in [3.63, 3.8) is 0 Å². The van der Waals surface area contributed by atoms with E-state index in [4.69, 9.17) is 0 Å². The van der Waals surface area contributed by atoms with Crippen molar-refractivity contribution < 1.29 is 18.4 Å². The van der Waals surface area contributed by atoms with Crippen molar-refractivity contribution in [3.05, 3.63) is 29.3 Å². The number of carbonyl (C=O) groups is 2. The Hall–Kier alpha value is -2.31. The number of carbonyl (C=O) groups excluding carboxylic acids is 2. The zero-order chi connectivity index (χ0) is 14.4. The number of imide groups is 1. The third-order valence-corrected chi connectivity index (χ3v) is 3.48. The monoisotopic (exact) mass is 279 g/mol. The van der Waals surface area contributed by atoms with Crippen LogP contribution in [-0.2, 0) is 16.1 Å². The molecular weight excluding hydrogens is 268 g/mol. The molecule has 7 heteroatoms. The number of nitrogens with one attached hydrogen (secondary N) is 1. The second kappa shape index (κ2) is 4.36. The van der Waals surface area contributed by atoms with Gasteiger partial charge in [-0.1, -0.05) is 0 Å². The standard InChI is InChI=1S/C13H11F2N3O2/c1-6-16-10-3-7(14)2-9(15)8(10)5-18(6)11-4-12(19)17-13(11)20/h2-3,11H,4-5H2,1H3,(H,17,19,20). The van der Waals surface area contributed by atoms with Gasteiger partial charge in [-0.05, 0) is 6.92 Å². The van der Waals surface area contributed by atoms with Gasteiger partial charge in [0.1, 0.15) is 23.5 Å². The van der Waals surface area contributed by atoms with E-state index in [0.717, 1.165) is 12.1 Å². The van der Waals surface area contributed by atoms with Crippen molar-refractivity contribution in [2.24, 2.45) is 4.99 Å². The lowest BCUT2D eigenvalue weighted by molar-refractivity contribution is -0.125. The van der Waals surface area contributed by atoms with Crippen molar-refractivity contribution in [2.45, 2.75) is 25.9 Å². The molecule has 5 nitrogen and oxygen atoms in total. The predicted molar refractivity (Wildman–Crippen MR) is 66.2 cm³/mol. The smallest absolute Gasteiger partial charge is 0.249 e. The fourth-order valence-electron chi connectivity index (χ4n) is 2.50. The lowest BCUT2D eigenvalue weighted by atomic mass is 10.1. The molecule has 0 aromatic heterocycles. The average molecular weight is 279 g/mol. The van der Waals surface area contributed by atoms with Gasteiger partial charge in [-0.3, -0.25) is 14.9 Å². The summed E-state index contributed by atoms with van der Waals surface area (Å²) < 4.78 is 27.0. The molecule has 20 heavy (non-hydrogen) atoms. The number of hydrogen-bond acceptors (Lipinski definition) is 4. The summed E-state index contributed by atoms with van der Waals surface area (Å²) in [6.07, 6.45) is 0.0177. The summed E-state index contributed by atoms with van der Waals surface area (Å²) in [4.78, 5) is 28.6. The molecular formula is C13H11F2N3O2. The minimum Gasteiger partial charge on any atom is -0.343 e. The van der Waals surface area contributed by atoms with Crippen LogP contribution in [0.4, 0.5) is 14.5 Å². The van der Waals surface area contributed by atoms with Crippen LogP contribution in [0.15, 0.2) is 17.1 Å². The number of hydrogen-bond donors (Lipinski definition) is 1. The Bertz CT molecular complexity index is 657. The summed E-state index contributed by atoms with van der Waals surface area (Å²) in [6, 6.07) is 1.25. The van der Waals surface area contributed by atoms with Crippen molar-refractivity contribution in [1.82, 2.24) is 10.2 Å². The van der Waals surface area contributed by atoms with Crippen LogP contribution in [-0.4, -0.2) is 28.6 Å². The molecule has 1 N–H and O–H groups in total. The van der Waals surface area contributed by atoms with Gasteiger partial charge in [-0.25, -0.2) is 13.8 Å². The summed E-state index contributed by atoms with van der Waals surface area (Å²) in [6.45, 7) is 1.73. The second-order valence-corrected chi connectivity index (χ2v) is 4.80. The lowest BCUT2D eigenvalue weighted by Gasteiger charge is -2.32. The number of rotatable bonds is 1. The lowest BCUT2D eigenvalue weighted by Crippen LogP contribution is -2.44.